The van der Waals surface area contributed by atoms with Crippen molar-refractivity contribution >= 4 is 5.91 Å². The molecule has 1 amide bonds. The maximum atomic E-state index is 12.7. The molecule has 2 aromatic heterocycles. The topological polar surface area (TPSA) is 64.8 Å². The van der Waals surface area contributed by atoms with Crippen molar-refractivity contribution in [1.82, 2.24) is 9.88 Å². The molecule has 144 valence electrons. The summed E-state index contributed by atoms with van der Waals surface area (Å²) in [4.78, 5) is 18.6. The van der Waals surface area contributed by atoms with Gasteiger partial charge in [-0.25, -0.2) is 0 Å². The van der Waals surface area contributed by atoms with E-state index in [1.54, 1.807) is 12.4 Å². The fraction of sp³-hybridized carbons (Fsp3) is 0.524. The van der Waals surface area contributed by atoms with E-state index in [9.17, 15) is 4.79 Å². The van der Waals surface area contributed by atoms with Gasteiger partial charge in [-0.05, 0) is 56.4 Å². The third-order valence-corrected chi connectivity index (χ3v) is 5.70. The van der Waals surface area contributed by atoms with E-state index < -0.39 is 0 Å². The highest BCUT2D eigenvalue weighted by Gasteiger charge is 2.54. The number of amides is 1. The Bertz CT molecular complexity index is 796. The number of nitrogens with zero attached hydrogens (tertiary/aromatic N) is 2. The third-order valence-electron chi connectivity index (χ3n) is 5.70. The van der Waals surface area contributed by atoms with Crippen LogP contribution in [0.2, 0.25) is 0 Å². The van der Waals surface area contributed by atoms with E-state index in [4.69, 9.17) is 13.9 Å². The largest absolute Gasteiger partial charge is 0.466 e. The van der Waals surface area contributed by atoms with Crippen LogP contribution >= 0.6 is 0 Å². The van der Waals surface area contributed by atoms with E-state index in [2.05, 4.69) is 4.98 Å². The molecule has 0 saturated carbocycles. The Morgan fingerprint density at radius 2 is 2.11 bits per heavy atom. The van der Waals surface area contributed by atoms with Gasteiger partial charge in [0.1, 0.15) is 17.1 Å². The van der Waals surface area contributed by atoms with Crippen molar-refractivity contribution < 1.29 is 18.7 Å². The number of aromatic nitrogens is 1. The van der Waals surface area contributed by atoms with Crippen molar-refractivity contribution in [2.75, 3.05) is 26.3 Å². The second kappa shape index (κ2) is 7.44. The molecule has 27 heavy (non-hydrogen) atoms. The summed E-state index contributed by atoms with van der Waals surface area (Å²) in [6.45, 7) is 7.09. The van der Waals surface area contributed by atoms with Crippen molar-refractivity contribution in [3.63, 3.8) is 0 Å². The molecule has 0 unspecified atom stereocenters. The minimum Gasteiger partial charge on any atom is -0.466 e. The lowest BCUT2D eigenvalue weighted by molar-refractivity contribution is -0.120. The number of hydrogen-bond donors (Lipinski definition) is 0. The fourth-order valence-corrected chi connectivity index (χ4v) is 4.19. The molecule has 0 bridgehead atoms. The van der Waals surface area contributed by atoms with Gasteiger partial charge in [-0.1, -0.05) is 0 Å². The molecule has 2 aliphatic heterocycles. The maximum absolute atomic E-state index is 12.7. The summed E-state index contributed by atoms with van der Waals surface area (Å²) in [6.07, 6.45) is 5.55. The first-order chi connectivity index (χ1) is 13.1. The summed E-state index contributed by atoms with van der Waals surface area (Å²) in [7, 11) is 0. The molecular weight excluding hydrogens is 344 g/mol. The molecule has 2 aliphatic rings. The minimum absolute atomic E-state index is 0.0400. The highest BCUT2D eigenvalue weighted by molar-refractivity contribution is 5.96. The molecule has 0 radical (unpaired) electrons. The molecule has 6 heteroatoms. The van der Waals surface area contributed by atoms with Crippen molar-refractivity contribution in [3.8, 4) is 0 Å². The second-order valence-corrected chi connectivity index (χ2v) is 7.58. The molecule has 4 heterocycles. The highest BCUT2D eigenvalue weighted by Crippen LogP contribution is 2.42. The van der Waals surface area contributed by atoms with Gasteiger partial charge in [0, 0.05) is 25.6 Å². The number of furan rings is 1. The molecular formula is C21H26N2O4. The van der Waals surface area contributed by atoms with E-state index in [-0.39, 0.29) is 11.5 Å². The van der Waals surface area contributed by atoms with Crippen LogP contribution in [0.25, 0.3) is 0 Å². The van der Waals surface area contributed by atoms with Crippen molar-refractivity contribution in [1.29, 1.82) is 0 Å². The van der Waals surface area contributed by atoms with Crippen LogP contribution in [0.15, 0.2) is 35.0 Å². The van der Waals surface area contributed by atoms with E-state index in [1.807, 2.05) is 36.9 Å². The molecule has 0 aliphatic carbocycles. The first-order valence-corrected chi connectivity index (χ1v) is 9.54. The number of pyridine rings is 1. The Kier molecular flexibility index (Phi) is 5.02. The van der Waals surface area contributed by atoms with Crippen LogP contribution in [0.4, 0.5) is 0 Å². The first-order valence-electron chi connectivity index (χ1n) is 9.54. The first kappa shape index (κ1) is 18.2. The lowest BCUT2D eigenvalue weighted by Crippen LogP contribution is -2.66. The highest BCUT2D eigenvalue weighted by atomic mass is 16.5. The summed E-state index contributed by atoms with van der Waals surface area (Å²) in [5.41, 5.74) is 1.61. The molecule has 4 rings (SSSR count). The lowest BCUT2D eigenvalue weighted by atomic mass is 9.79. The van der Waals surface area contributed by atoms with Crippen LogP contribution in [0.1, 0.15) is 40.3 Å². The molecule has 1 spiro atoms. The predicted molar refractivity (Wildman–Crippen MR) is 99.4 cm³/mol. The van der Waals surface area contributed by atoms with E-state index in [0.717, 1.165) is 30.8 Å². The van der Waals surface area contributed by atoms with Crippen LogP contribution < -0.4 is 0 Å². The molecule has 2 fully saturated rings. The summed E-state index contributed by atoms with van der Waals surface area (Å²) < 4.78 is 17.4. The Morgan fingerprint density at radius 1 is 1.33 bits per heavy atom. The Hall–Kier alpha value is -2.18. The number of carbonyl (C=O) groups is 1. The van der Waals surface area contributed by atoms with Crippen LogP contribution in [-0.2, 0) is 16.1 Å². The monoisotopic (exact) mass is 370 g/mol. The third kappa shape index (κ3) is 3.64. The summed E-state index contributed by atoms with van der Waals surface area (Å²) >= 11 is 0. The number of carbonyl (C=O) groups excluding carboxylic acids is 1. The van der Waals surface area contributed by atoms with Crippen LogP contribution in [0.5, 0.6) is 0 Å². The molecule has 1 atom stereocenters. The number of ether oxygens (including phenoxy) is 2. The van der Waals surface area contributed by atoms with Crippen molar-refractivity contribution in [2.24, 2.45) is 5.92 Å². The van der Waals surface area contributed by atoms with Gasteiger partial charge < -0.3 is 18.8 Å². The smallest absolute Gasteiger partial charge is 0.257 e. The summed E-state index contributed by atoms with van der Waals surface area (Å²) in [5, 5.41) is 0. The minimum atomic E-state index is -0.192. The number of aryl methyl sites for hydroxylation is 2. The average molecular weight is 370 g/mol. The fourth-order valence-electron chi connectivity index (χ4n) is 4.19. The molecule has 0 N–H and O–H groups in total. The Morgan fingerprint density at radius 3 is 2.81 bits per heavy atom. The van der Waals surface area contributed by atoms with Gasteiger partial charge >= 0.3 is 0 Å². The zero-order chi connectivity index (χ0) is 18.9. The zero-order valence-electron chi connectivity index (χ0n) is 15.9. The van der Waals surface area contributed by atoms with Crippen LogP contribution in [0.3, 0.4) is 0 Å². The standard InChI is InChI=1S/C21H26N2O4/c1-15-11-19(16(2)27-15)20(24)23-13-21(14-23)18(6-10-26-21)5-9-25-12-17-3-7-22-8-4-17/h3-4,7-8,11,18H,5-6,9-10,12-14H2,1-2H3/t18-/m0/s1. The van der Waals surface area contributed by atoms with E-state index in [0.29, 0.717) is 43.5 Å². The van der Waals surface area contributed by atoms with Gasteiger partial charge in [-0.2, -0.15) is 0 Å². The Balaban J connectivity index is 1.28. The van der Waals surface area contributed by atoms with Gasteiger partial charge in [0.25, 0.3) is 5.91 Å². The summed E-state index contributed by atoms with van der Waals surface area (Å²) in [5.74, 6) is 1.93. The van der Waals surface area contributed by atoms with Crippen LogP contribution in [-0.4, -0.2) is 47.7 Å². The van der Waals surface area contributed by atoms with Gasteiger partial charge in [0.2, 0.25) is 0 Å². The number of hydrogen-bond acceptors (Lipinski definition) is 5. The van der Waals surface area contributed by atoms with Crippen molar-refractivity contribution in [3.05, 3.63) is 53.2 Å². The molecule has 2 aromatic rings. The van der Waals surface area contributed by atoms with Gasteiger partial charge in [-0.3, -0.25) is 9.78 Å². The van der Waals surface area contributed by atoms with Gasteiger partial charge in [0.15, 0.2) is 0 Å². The van der Waals surface area contributed by atoms with Gasteiger partial charge in [-0.15, -0.1) is 0 Å². The van der Waals surface area contributed by atoms with E-state index >= 15 is 0 Å². The lowest BCUT2D eigenvalue weighted by Gasteiger charge is -2.50. The maximum Gasteiger partial charge on any atom is 0.257 e. The SMILES string of the molecule is Cc1cc(C(=O)N2CC3(C2)OCC[C@@H]3CCOCc2ccncc2)c(C)o1. The second-order valence-electron chi connectivity index (χ2n) is 7.58. The zero-order valence-corrected chi connectivity index (χ0v) is 15.9. The Labute approximate surface area is 159 Å². The number of rotatable bonds is 6. The van der Waals surface area contributed by atoms with Gasteiger partial charge in [0.05, 0.1) is 25.3 Å². The molecule has 6 nitrogen and oxygen atoms in total. The average Bonchev–Trinajstić information content (AvgIpc) is 3.20. The van der Waals surface area contributed by atoms with Crippen LogP contribution in [0, 0.1) is 19.8 Å². The molecule has 2 saturated heterocycles. The normalized spacial score (nSPS) is 20.8. The number of likely N-dealkylation sites (tertiary alicyclic amines) is 1. The van der Waals surface area contributed by atoms with E-state index in [1.165, 1.54) is 0 Å². The predicted octanol–water partition coefficient (Wildman–Crippen LogP) is 3.13. The summed E-state index contributed by atoms with van der Waals surface area (Å²) in [6, 6.07) is 5.76. The molecule has 0 aromatic carbocycles. The quantitative estimate of drug-likeness (QED) is 0.731. The van der Waals surface area contributed by atoms with Crippen molar-refractivity contribution in [2.45, 2.75) is 38.9 Å².